The topological polar surface area (TPSA) is 52.4 Å². The predicted molar refractivity (Wildman–Crippen MR) is 125 cm³/mol. The van der Waals surface area contributed by atoms with Crippen molar-refractivity contribution in [2.75, 3.05) is 0 Å². The number of hydrogen-bond acceptors (Lipinski definition) is 3. The summed E-state index contributed by atoms with van der Waals surface area (Å²) in [6.07, 6.45) is 24.5. The van der Waals surface area contributed by atoms with Gasteiger partial charge in [0.1, 0.15) is 5.60 Å². The Hall–Kier alpha value is -0.800. The number of rotatable bonds is 23. The Kier molecular flexibility index (Phi) is 19.9. The molecule has 0 heterocycles. The summed E-state index contributed by atoms with van der Waals surface area (Å²) in [6.45, 7) is 6.70. The SMILES string of the molecule is CCCCCCCCC(CCCCCCCC)(CCCCCCCC)O[N+](=O)[O-]. The molecule has 0 saturated heterocycles. The van der Waals surface area contributed by atoms with Crippen molar-refractivity contribution < 1.29 is 9.92 Å². The summed E-state index contributed by atoms with van der Waals surface area (Å²) < 4.78 is 0. The van der Waals surface area contributed by atoms with Crippen molar-refractivity contribution in [2.45, 2.75) is 161 Å². The van der Waals surface area contributed by atoms with Gasteiger partial charge in [0.05, 0.1) is 0 Å². The van der Waals surface area contributed by atoms with Crippen LogP contribution in [0.25, 0.3) is 0 Å². The lowest BCUT2D eigenvalue weighted by atomic mass is 9.85. The summed E-state index contributed by atoms with van der Waals surface area (Å²) in [5.74, 6) is 0. The first-order valence-corrected chi connectivity index (χ1v) is 12.9. The van der Waals surface area contributed by atoms with Gasteiger partial charge in [-0.1, -0.05) is 136 Å². The summed E-state index contributed by atoms with van der Waals surface area (Å²) in [6, 6.07) is 0. The van der Waals surface area contributed by atoms with Crippen molar-refractivity contribution in [1.29, 1.82) is 0 Å². The van der Waals surface area contributed by atoms with Gasteiger partial charge in [0.15, 0.2) is 0 Å². The van der Waals surface area contributed by atoms with Crippen molar-refractivity contribution in [3.8, 4) is 0 Å². The van der Waals surface area contributed by atoms with Gasteiger partial charge in [0.2, 0.25) is 0 Å². The molecule has 4 heteroatoms. The van der Waals surface area contributed by atoms with E-state index in [0.29, 0.717) is 0 Å². The molecule has 0 aromatic carbocycles. The number of nitrogens with zero attached hydrogens (tertiary/aromatic N) is 1. The highest BCUT2D eigenvalue weighted by atomic mass is 17.0. The molecule has 0 bridgehead atoms. The van der Waals surface area contributed by atoms with Gasteiger partial charge in [-0.3, -0.25) is 0 Å². The Bertz CT molecular complexity index is 319. The Morgan fingerprint density at radius 2 is 0.828 bits per heavy atom. The molecule has 0 unspecified atom stereocenters. The van der Waals surface area contributed by atoms with Gasteiger partial charge in [-0.2, -0.15) is 0 Å². The zero-order valence-corrected chi connectivity index (χ0v) is 20.0. The van der Waals surface area contributed by atoms with Gasteiger partial charge < -0.3 is 4.84 Å². The third-order valence-electron chi connectivity index (χ3n) is 6.23. The molecule has 0 aliphatic rings. The largest absolute Gasteiger partial charge is 0.307 e. The van der Waals surface area contributed by atoms with E-state index in [4.69, 9.17) is 4.84 Å². The minimum Gasteiger partial charge on any atom is -0.307 e. The van der Waals surface area contributed by atoms with E-state index < -0.39 is 10.7 Å². The first-order valence-electron chi connectivity index (χ1n) is 12.9. The van der Waals surface area contributed by atoms with Crippen LogP contribution in [0, 0.1) is 10.1 Å². The van der Waals surface area contributed by atoms with Crippen LogP contribution in [0.5, 0.6) is 0 Å². The Labute approximate surface area is 181 Å². The molecular weight excluding hydrogens is 362 g/mol. The molecule has 0 N–H and O–H groups in total. The lowest BCUT2D eigenvalue weighted by molar-refractivity contribution is -0.782. The molecule has 0 radical (unpaired) electrons. The van der Waals surface area contributed by atoms with E-state index in [9.17, 15) is 10.1 Å². The third kappa shape index (κ3) is 17.7. The first kappa shape index (κ1) is 28.2. The molecule has 0 atom stereocenters. The second-order valence-corrected chi connectivity index (χ2v) is 9.05. The second kappa shape index (κ2) is 20.5. The van der Waals surface area contributed by atoms with E-state index >= 15 is 0 Å². The summed E-state index contributed by atoms with van der Waals surface area (Å²) in [4.78, 5) is 16.8. The summed E-state index contributed by atoms with van der Waals surface area (Å²) in [7, 11) is 0. The summed E-state index contributed by atoms with van der Waals surface area (Å²) >= 11 is 0. The lowest BCUT2D eigenvalue weighted by Gasteiger charge is -2.32. The minimum atomic E-state index is -0.538. The van der Waals surface area contributed by atoms with Crippen LogP contribution < -0.4 is 0 Å². The Morgan fingerprint density at radius 3 is 1.10 bits per heavy atom. The summed E-state index contributed by atoms with van der Waals surface area (Å²) in [5, 5.41) is 10.8. The zero-order valence-electron chi connectivity index (χ0n) is 20.0. The highest BCUT2D eigenvalue weighted by Crippen LogP contribution is 2.33. The van der Waals surface area contributed by atoms with Crippen molar-refractivity contribution >= 4 is 0 Å². The first-order chi connectivity index (χ1) is 14.1. The molecule has 29 heavy (non-hydrogen) atoms. The second-order valence-electron chi connectivity index (χ2n) is 9.05. The van der Waals surface area contributed by atoms with Crippen LogP contribution in [0.4, 0.5) is 0 Å². The lowest BCUT2D eigenvalue weighted by Crippen LogP contribution is -2.35. The molecule has 0 aromatic rings. The van der Waals surface area contributed by atoms with Crippen LogP contribution in [-0.4, -0.2) is 10.7 Å². The monoisotopic (exact) mass is 413 g/mol. The maximum Gasteiger partial charge on any atom is 0.295 e. The highest BCUT2D eigenvalue weighted by molar-refractivity contribution is 4.80. The summed E-state index contributed by atoms with van der Waals surface area (Å²) in [5.41, 5.74) is -0.538. The van der Waals surface area contributed by atoms with Gasteiger partial charge in [0, 0.05) is 0 Å². The van der Waals surface area contributed by atoms with Gasteiger partial charge in [-0.25, -0.2) is 0 Å². The fourth-order valence-corrected chi connectivity index (χ4v) is 4.35. The molecule has 4 nitrogen and oxygen atoms in total. The molecule has 0 rings (SSSR count). The Balaban J connectivity index is 4.59. The van der Waals surface area contributed by atoms with Crippen molar-refractivity contribution in [3.63, 3.8) is 0 Å². The molecule has 174 valence electrons. The van der Waals surface area contributed by atoms with Crippen LogP contribution in [0.1, 0.15) is 156 Å². The fourth-order valence-electron chi connectivity index (χ4n) is 4.35. The zero-order chi connectivity index (χ0) is 21.6. The van der Waals surface area contributed by atoms with Crippen LogP contribution >= 0.6 is 0 Å². The Morgan fingerprint density at radius 1 is 0.552 bits per heavy atom. The molecule has 0 aliphatic carbocycles. The maximum atomic E-state index is 11.3. The minimum absolute atomic E-state index is 0.509. The predicted octanol–water partition coefficient (Wildman–Crippen LogP) is 9.19. The van der Waals surface area contributed by atoms with Gasteiger partial charge >= 0.3 is 0 Å². The van der Waals surface area contributed by atoms with E-state index in [1.165, 1.54) is 96.3 Å². The van der Waals surface area contributed by atoms with Crippen LogP contribution in [0.3, 0.4) is 0 Å². The molecule has 0 saturated carbocycles. The van der Waals surface area contributed by atoms with Crippen LogP contribution in [0.15, 0.2) is 0 Å². The number of unbranched alkanes of at least 4 members (excludes halogenated alkanes) is 15. The van der Waals surface area contributed by atoms with E-state index in [1.54, 1.807) is 0 Å². The smallest absolute Gasteiger partial charge is 0.295 e. The average molecular weight is 414 g/mol. The van der Waals surface area contributed by atoms with E-state index in [-0.39, 0.29) is 0 Å². The van der Waals surface area contributed by atoms with Crippen LogP contribution in [-0.2, 0) is 4.84 Å². The van der Waals surface area contributed by atoms with Gasteiger partial charge in [0.25, 0.3) is 5.09 Å². The number of hydrogen-bond donors (Lipinski definition) is 0. The molecule has 0 aromatic heterocycles. The fraction of sp³-hybridized carbons (Fsp3) is 1.00. The van der Waals surface area contributed by atoms with Crippen LogP contribution in [0.2, 0.25) is 0 Å². The molecule has 0 fully saturated rings. The quantitative estimate of drug-likeness (QED) is 0.0952. The molecule has 0 aliphatic heterocycles. The third-order valence-corrected chi connectivity index (χ3v) is 6.23. The molecular formula is C25H51NO3. The van der Waals surface area contributed by atoms with Crippen molar-refractivity contribution in [3.05, 3.63) is 10.1 Å². The normalized spacial score (nSPS) is 11.7. The molecule has 0 amide bonds. The van der Waals surface area contributed by atoms with E-state index in [1.807, 2.05) is 0 Å². The van der Waals surface area contributed by atoms with E-state index in [0.717, 1.165) is 38.5 Å². The standard InChI is InChI=1S/C25H51NO3/c1-4-7-10-13-16-19-22-25(29-26(27)28,23-20-17-14-11-8-5-2)24-21-18-15-12-9-6-3/h4-24H2,1-3H3. The van der Waals surface area contributed by atoms with Gasteiger partial charge in [-0.05, 0) is 19.3 Å². The van der Waals surface area contributed by atoms with E-state index in [2.05, 4.69) is 20.8 Å². The van der Waals surface area contributed by atoms with Crippen molar-refractivity contribution in [2.24, 2.45) is 0 Å². The highest BCUT2D eigenvalue weighted by Gasteiger charge is 2.33. The van der Waals surface area contributed by atoms with Crippen molar-refractivity contribution in [1.82, 2.24) is 0 Å². The maximum absolute atomic E-state index is 11.3. The van der Waals surface area contributed by atoms with Gasteiger partial charge in [-0.15, -0.1) is 10.1 Å². The molecule has 0 spiro atoms. The average Bonchev–Trinajstić information content (AvgIpc) is 2.69.